The SMILES string of the molecule is Nc1cc(S(=O)(=O)[O-])ccc1C(=O)O.Nc1cc(S(=O)(=O)[O-])ccc1C(=O)O.O.[Cu+2].c1cnc2c(c1)ccc1cccnc12.c1cnc2c(c1)ccc1cccnc12. The summed E-state index contributed by atoms with van der Waals surface area (Å²) in [7, 11) is -9.18. The Labute approximate surface area is 340 Å². The molecule has 0 unspecified atom stereocenters. The Morgan fingerprint density at radius 2 is 0.741 bits per heavy atom. The van der Waals surface area contributed by atoms with Gasteiger partial charge in [0, 0.05) is 57.7 Å². The molecule has 0 saturated carbocycles. The van der Waals surface area contributed by atoms with Crippen LogP contribution in [0.25, 0.3) is 43.6 Å². The first-order chi connectivity index (χ1) is 26.5. The molecule has 4 aromatic carbocycles. The van der Waals surface area contributed by atoms with Crippen molar-refractivity contribution in [3.05, 3.63) is 145 Å². The first-order valence-electron chi connectivity index (χ1n) is 15.9. The number of hydrogen-bond donors (Lipinski definition) is 4. The van der Waals surface area contributed by atoms with E-state index in [1.54, 1.807) is 24.8 Å². The molecule has 301 valence electrons. The van der Waals surface area contributed by atoms with E-state index in [0.717, 1.165) is 80.0 Å². The fourth-order valence-electron chi connectivity index (χ4n) is 5.14. The zero-order chi connectivity index (χ0) is 40.6. The zero-order valence-corrected chi connectivity index (χ0v) is 32.0. The first-order valence-corrected chi connectivity index (χ1v) is 18.7. The van der Waals surface area contributed by atoms with Crippen LogP contribution in [0.2, 0.25) is 0 Å². The molecule has 4 heterocycles. The van der Waals surface area contributed by atoms with Crippen molar-refractivity contribution in [3.8, 4) is 0 Å². The summed E-state index contributed by atoms with van der Waals surface area (Å²) < 4.78 is 63.0. The van der Waals surface area contributed by atoms with Crippen LogP contribution in [0.3, 0.4) is 0 Å². The molecule has 8 rings (SSSR count). The molecular formula is C38H30CuN6O11S2. The maximum atomic E-state index is 10.5. The number of nitrogens with zero attached hydrogens (tertiary/aromatic N) is 4. The topological polar surface area (TPSA) is 324 Å². The number of pyridine rings is 4. The molecule has 0 atom stereocenters. The number of hydrogen-bond acceptors (Lipinski definition) is 14. The number of nitrogens with two attached hydrogens (primary N) is 2. The van der Waals surface area contributed by atoms with Crippen molar-refractivity contribution in [2.75, 3.05) is 11.5 Å². The van der Waals surface area contributed by atoms with Crippen molar-refractivity contribution in [1.82, 2.24) is 19.9 Å². The molecule has 8 N–H and O–H groups in total. The molecule has 0 amide bonds. The molecule has 17 nitrogen and oxygen atoms in total. The predicted octanol–water partition coefficient (Wildman–Crippen LogP) is 4.48. The predicted molar refractivity (Wildman–Crippen MR) is 209 cm³/mol. The van der Waals surface area contributed by atoms with Crippen LogP contribution in [0.15, 0.2) is 144 Å². The van der Waals surface area contributed by atoms with Crippen LogP contribution in [0.1, 0.15) is 20.7 Å². The molecule has 0 aliphatic heterocycles. The van der Waals surface area contributed by atoms with Crippen molar-refractivity contribution in [2.45, 2.75) is 9.79 Å². The number of nitrogen functional groups attached to an aromatic ring is 2. The molecule has 0 saturated heterocycles. The minimum absolute atomic E-state index is 0. The molecule has 0 fully saturated rings. The molecule has 0 spiro atoms. The maximum absolute atomic E-state index is 10.5. The normalized spacial score (nSPS) is 10.7. The van der Waals surface area contributed by atoms with Crippen molar-refractivity contribution in [2.24, 2.45) is 0 Å². The summed E-state index contributed by atoms with van der Waals surface area (Å²) in [5.74, 6) is -2.56. The smallest absolute Gasteiger partial charge is 0.744 e. The van der Waals surface area contributed by atoms with E-state index in [4.69, 9.17) is 21.7 Å². The molecule has 4 aromatic heterocycles. The molecular weight excluding hydrogens is 844 g/mol. The van der Waals surface area contributed by atoms with Gasteiger partial charge in [-0.15, -0.1) is 0 Å². The van der Waals surface area contributed by atoms with Gasteiger partial charge in [-0.25, -0.2) is 26.4 Å². The summed E-state index contributed by atoms with van der Waals surface area (Å²) >= 11 is 0. The Balaban J connectivity index is 0.000000205. The van der Waals surface area contributed by atoms with Crippen LogP contribution in [-0.2, 0) is 37.3 Å². The fraction of sp³-hybridized carbons (Fsp3) is 0. The van der Waals surface area contributed by atoms with Gasteiger partial charge in [0.05, 0.1) is 43.0 Å². The Morgan fingerprint density at radius 1 is 0.483 bits per heavy atom. The standard InChI is InChI=1S/2C12H8N2.2C7H7NO5S.Cu.H2O/c2*1-3-9-5-6-10-4-2-8-14-12(10)11(9)13-7-1;2*8-6-3-4(14(11,12)13)1-2-5(6)7(9)10;;/h2*1-8H;2*1-3H,8H2,(H,9,10)(H,11,12,13);;1H2/q;;;;+2;/p-2. The number of anilines is 2. The quantitative estimate of drug-likeness (QED) is 0.0819. The van der Waals surface area contributed by atoms with E-state index in [1.807, 2.05) is 24.3 Å². The van der Waals surface area contributed by atoms with Gasteiger partial charge in [-0.05, 0) is 60.7 Å². The van der Waals surface area contributed by atoms with E-state index in [9.17, 15) is 35.5 Å². The summed E-state index contributed by atoms with van der Waals surface area (Å²) in [4.78, 5) is 37.3. The van der Waals surface area contributed by atoms with E-state index in [2.05, 4.69) is 68.5 Å². The van der Waals surface area contributed by atoms with Crippen LogP contribution in [0.4, 0.5) is 11.4 Å². The van der Waals surface area contributed by atoms with E-state index >= 15 is 0 Å². The van der Waals surface area contributed by atoms with Gasteiger partial charge in [0.15, 0.2) is 0 Å². The number of aromatic carboxylic acids is 2. The number of carboxylic acids is 2. The van der Waals surface area contributed by atoms with Gasteiger partial charge in [0.25, 0.3) is 0 Å². The van der Waals surface area contributed by atoms with Crippen molar-refractivity contribution < 1.29 is 68.3 Å². The molecule has 58 heavy (non-hydrogen) atoms. The Morgan fingerprint density at radius 3 is 0.948 bits per heavy atom. The average Bonchev–Trinajstić information content (AvgIpc) is 3.17. The third kappa shape index (κ3) is 11.2. The summed E-state index contributed by atoms with van der Waals surface area (Å²) in [5.41, 5.74) is 13.4. The van der Waals surface area contributed by atoms with Crippen LogP contribution >= 0.6 is 0 Å². The number of rotatable bonds is 4. The van der Waals surface area contributed by atoms with E-state index in [1.165, 1.54) is 0 Å². The third-order valence-corrected chi connectivity index (χ3v) is 9.44. The van der Waals surface area contributed by atoms with E-state index in [-0.39, 0.29) is 45.0 Å². The van der Waals surface area contributed by atoms with Crippen molar-refractivity contribution in [3.63, 3.8) is 0 Å². The number of benzene rings is 4. The van der Waals surface area contributed by atoms with Gasteiger partial charge in [0.1, 0.15) is 20.2 Å². The van der Waals surface area contributed by atoms with Gasteiger partial charge in [0.2, 0.25) is 0 Å². The maximum Gasteiger partial charge on any atom is 2.00 e. The second-order valence-corrected chi connectivity index (χ2v) is 14.2. The van der Waals surface area contributed by atoms with Gasteiger partial charge < -0.3 is 36.3 Å². The Hall–Kier alpha value is -6.64. The van der Waals surface area contributed by atoms with Crippen LogP contribution in [0, 0.1) is 0 Å². The minimum Gasteiger partial charge on any atom is -0.744 e. The summed E-state index contributed by atoms with van der Waals surface area (Å²) in [6.45, 7) is 0. The van der Waals surface area contributed by atoms with Gasteiger partial charge in [-0.2, -0.15) is 0 Å². The number of carboxylic acid groups (broad SMARTS) is 2. The second kappa shape index (κ2) is 19.5. The minimum atomic E-state index is -4.59. The third-order valence-electron chi connectivity index (χ3n) is 7.77. The molecule has 0 aliphatic rings. The van der Waals surface area contributed by atoms with Crippen LogP contribution in [-0.4, -0.2) is 73.5 Å². The number of fused-ring (bicyclic) bond motifs is 6. The number of aromatic nitrogens is 4. The van der Waals surface area contributed by atoms with Crippen LogP contribution < -0.4 is 11.5 Å². The van der Waals surface area contributed by atoms with Crippen molar-refractivity contribution in [1.29, 1.82) is 0 Å². The van der Waals surface area contributed by atoms with Crippen LogP contribution in [0.5, 0.6) is 0 Å². The second-order valence-electron chi connectivity index (χ2n) is 11.4. The number of carbonyl (C=O) groups is 2. The molecule has 20 heteroatoms. The van der Waals surface area contributed by atoms with E-state index in [0.29, 0.717) is 0 Å². The fourth-order valence-corrected chi connectivity index (χ4v) is 6.15. The van der Waals surface area contributed by atoms with Gasteiger partial charge in [-0.1, -0.05) is 48.5 Å². The average molecular weight is 874 g/mol. The zero-order valence-electron chi connectivity index (χ0n) is 29.4. The summed E-state index contributed by atoms with van der Waals surface area (Å²) in [5, 5.41) is 21.7. The Bertz CT molecular complexity index is 2680. The monoisotopic (exact) mass is 873 g/mol. The van der Waals surface area contributed by atoms with Gasteiger partial charge >= 0.3 is 29.0 Å². The summed E-state index contributed by atoms with van der Waals surface area (Å²) in [6.07, 6.45) is 7.21. The summed E-state index contributed by atoms with van der Waals surface area (Å²) in [6, 6.07) is 29.7. The molecule has 0 aliphatic carbocycles. The van der Waals surface area contributed by atoms with Crippen molar-refractivity contribution >= 4 is 87.2 Å². The molecule has 8 aromatic rings. The first kappa shape index (κ1) is 45.7. The largest absolute Gasteiger partial charge is 2.00 e. The Kier molecular flexibility index (Phi) is 15.4. The molecule has 1 radical (unpaired) electrons. The van der Waals surface area contributed by atoms with E-state index < -0.39 is 42.0 Å². The molecule has 0 bridgehead atoms. The van der Waals surface area contributed by atoms with Gasteiger partial charge in [-0.3, -0.25) is 19.9 Å².